The average Bonchev–Trinajstić information content (AvgIpc) is 2.17. The normalized spacial score (nSPS) is 11.4. The summed E-state index contributed by atoms with van der Waals surface area (Å²) in [5.41, 5.74) is -0.112. The number of halogens is 5. The van der Waals surface area contributed by atoms with Crippen molar-refractivity contribution in [3.8, 4) is 5.88 Å². The van der Waals surface area contributed by atoms with Gasteiger partial charge in [0, 0.05) is 11.4 Å². The van der Waals surface area contributed by atoms with Gasteiger partial charge in [-0.05, 0) is 22.6 Å². The van der Waals surface area contributed by atoms with Gasteiger partial charge in [0.05, 0.1) is 14.8 Å². The minimum atomic E-state index is -4.90. The van der Waals surface area contributed by atoms with Crippen molar-refractivity contribution in [3.63, 3.8) is 0 Å². The first-order valence-corrected chi connectivity index (χ1v) is 6.19. The molecule has 0 aliphatic rings. The third kappa shape index (κ3) is 3.98. The van der Waals surface area contributed by atoms with E-state index in [1.54, 1.807) is 22.6 Å². The van der Waals surface area contributed by atoms with Crippen molar-refractivity contribution in [3.05, 3.63) is 20.9 Å². The topological polar surface area (TPSA) is 59.4 Å². The Balaban J connectivity index is 3.25. The first-order valence-electron chi connectivity index (χ1n) is 3.99. The Morgan fingerprint density at radius 3 is 2.59 bits per heavy atom. The second kappa shape index (κ2) is 5.38. The molecule has 1 rings (SSSR count). The van der Waals surface area contributed by atoms with E-state index in [-0.39, 0.29) is 20.2 Å². The molecule has 1 aromatic heterocycles. The van der Waals surface area contributed by atoms with E-state index in [2.05, 4.69) is 25.7 Å². The third-order valence-electron chi connectivity index (χ3n) is 1.58. The Morgan fingerprint density at radius 2 is 2.18 bits per heavy atom. The molecule has 1 heterocycles. The van der Waals surface area contributed by atoms with Crippen LogP contribution in [0.15, 0.2) is 6.07 Å². The summed E-state index contributed by atoms with van der Waals surface area (Å²) in [6.45, 7) is 0. The minimum Gasteiger partial charge on any atom is -0.478 e. The molecule has 0 spiro atoms. The highest BCUT2D eigenvalue weighted by atomic mass is 127. The van der Waals surface area contributed by atoms with Gasteiger partial charge in [-0.1, -0.05) is 15.9 Å². The van der Waals surface area contributed by atoms with Crippen LogP contribution in [-0.2, 0) is 5.33 Å². The van der Waals surface area contributed by atoms with Gasteiger partial charge < -0.3 is 9.84 Å². The fourth-order valence-electron chi connectivity index (χ4n) is 0.972. The fraction of sp³-hybridized carbons (Fsp3) is 0.250. The molecule has 9 heteroatoms. The van der Waals surface area contributed by atoms with Gasteiger partial charge in [-0.15, -0.1) is 13.2 Å². The molecule has 0 amide bonds. The minimum absolute atomic E-state index is 0.126. The number of nitrogens with zero attached hydrogens (tertiary/aromatic N) is 1. The molecule has 1 N–H and O–H groups in total. The number of rotatable bonds is 3. The molecule has 94 valence electrons. The standard InChI is InChI=1S/C8H4BrF3INO3/c9-2-4-6(13)3(7(15)16)1-5(14-4)17-8(10,11)12/h1H,2H2,(H,15,16). The number of alkyl halides is 4. The highest BCUT2D eigenvalue weighted by Gasteiger charge is 2.32. The zero-order valence-electron chi connectivity index (χ0n) is 7.89. The summed E-state index contributed by atoms with van der Waals surface area (Å²) >= 11 is 4.71. The summed E-state index contributed by atoms with van der Waals surface area (Å²) in [4.78, 5) is 14.4. The molecule has 0 saturated carbocycles. The molecule has 0 aromatic carbocycles. The lowest BCUT2D eigenvalue weighted by molar-refractivity contribution is -0.276. The van der Waals surface area contributed by atoms with Crippen molar-refractivity contribution in [2.45, 2.75) is 11.7 Å². The number of carboxylic acid groups (broad SMARTS) is 1. The Kier molecular flexibility index (Phi) is 4.58. The van der Waals surface area contributed by atoms with E-state index in [9.17, 15) is 18.0 Å². The molecule has 0 saturated heterocycles. The molecule has 17 heavy (non-hydrogen) atoms. The van der Waals surface area contributed by atoms with Gasteiger partial charge in [0.1, 0.15) is 0 Å². The van der Waals surface area contributed by atoms with Gasteiger partial charge >= 0.3 is 12.3 Å². The predicted octanol–water partition coefficient (Wildman–Crippen LogP) is 3.18. The summed E-state index contributed by atoms with van der Waals surface area (Å²) in [5, 5.41) is 8.95. The van der Waals surface area contributed by atoms with Crippen LogP contribution in [-0.4, -0.2) is 22.4 Å². The quantitative estimate of drug-likeness (QED) is 0.597. The van der Waals surface area contributed by atoms with E-state index in [0.717, 1.165) is 6.07 Å². The molecular weight excluding hydrogens is 422 g/mol. The van der Waals surface area contributed by atoms with E-state index >= 15 is 0 Å². The maximum Gasteiger partial charge on any atom is 0.574 e. The van der Waals surface area contributed by atoms with Crippen molar-refractivity contribution in [1.29, 1.82) is 0 Å². The summed E-state index contributed by atoms with van der Waals surface area (Å²) in [6.07, 6.45) is -4.90. The highest BCUT2D eigenvalue weighted by Crippen LogP contribution is 2.26. The SMILES string of the molecule is O=C(O)c1cc(OC(F)(F)F)nc(CBr)c1I. The zero-order valence-corrected chi connectivity index (χ0v) is 11.6. The van der Waals surface area contributed by atoms with Crippen molar-refractivity contribution >= 4 is 44.5 Å². The molecule has 0 aliphatic heterocycles. The number of aromatic nitrogens is 1. The molecule has 0 bridgehead atoms. The Labute approximate surface area is 115 Å². The number of hydrogen-bond donors (Lipinski definition) is 1. The van der Waals surface area contributed by atoms with Crippen LogP contribution in [0.25, 0.3) is 0 Å². The molecule has 1 aromatic rings. The molecule has 0 atom stereocenters. The lowest BCUT2D eigenvalue weighted by Gasteiger charge is -2.11. The van der Waals surface area contributed by atoms with E-state index in [1.807, 2.05) is 0 Å². The molecule has 0 unspecified atom stereocenters. The van der Waals surface area contributed by atoms with Crippen LogP contribution < -0.4 is 4.74 Å². The average molecular weight is 426 g/mol. The number of hydrogen-bond acceptors (Lipinski definition) is 3. The number of carboxylic acids is 1. The zero-order chi connectivity index (χ0) is 13.2. The highest BCUT2D eigenvalue weighted by molar-refractivity contribution is 14.1. The smallest absolute Gasteiger partial charge is 0.478 e. The van der Waals surface area contributed by atoms with Gasteiger partial charge in [-0.2, -0.15) is 0 Å². The summed E-state index contributed by atoms with van der Waals surface area (Å²) in [6, 6.07) is 0.740. The van der Waals surface area contributed by atoms with E-state index in [4.69, 9.17) is 5.11 Å². The van der Waals surface area contributed by atoms with Gasteiger partial charge in [-0.3, -0.25) is 0 Å². The van der Waals surface area contributed by atoms with Crippen LogP contribution in [0.5, 0.6) is 5.88 Å². The Bertz CT molecular complexity index is 452. The number of ether oxygens (including phenoxy) is 1. The third-order valence-corrected chi connectivity index (χ3v) is 3.31. The van der Waals surface area contributed by atoms with Crippen molar-refractivity contribution in [1.82, 2.24) is 4.98 Å². The predicted molar refractivity (Wildman–Crippen MR) is 63.2 cm³/mol. The lowest BCUT2D eigenvalue weighted by Crippen LogP contribution is -2.19. The van der Waals surface area contributed by atoms with Gasteiger partial charge in [0.15, 0.2) is 0 Å². The molecule has 0 aliphatic carbocycles. The van der Waals surface area contributed by atoms with Crippen molar-refractivity contribution in [2.75, 3.05) is 0 Å². The van der Waals surface area contributed by atoms with Crippen LogP contribution in [0.3, 0.4) is 0 Å². The van der Waals surface area contributed by atoms with E-state index in [0.29, 0.717) is 0 Å². The van der Waals surface area contributed by atoms with Crippen LogP contribution >= 0.6 is 38.5 Å². The first-order chi connectivity index (χ1) is 7.74. The summed E-state index contributed by atoms with van der Waals surface area (Å²) in [7, 11) is 0. The van der Waals surface area contributed by atoms with Crippen LogP contribution in [0.4, 0.5) is 13.2 Å². The summed E-state index contributed by atoms with van der Waals surface area (Å²) < 4.78 is 39.8. The Hall–Kier alpha value is -0.580. The van der Waals surface area contributed by atoms with Gasteiger partial charge in [0.2, 0.25) is 5.88 Å². The Morgan fingerprint density at radius 1 is 1.59 bits per heavy atom. The van der Waals surface area contributed by atoms with Gasteiger partial charge in [0.25, 0.3) is 0 Å². The maximum atomic E-state index is 12.0. The monoisotopic (exact) mass is 425 g/mol. The molecule has 4 nitrogen and oxygen atoms in total. The van der Waals surface area contributed by atoms with Crippen molar-refractivity contribution < 1.29 is 27.8 Å². The van der Waals surface area contributed by atoms with Crippen LogP contribution in [0.1, 0.15) is 16.1 Å². The molecule has 0 fully saturated rings. The molecular formula is C8H4BrF3INO3. The van der Waals surface area contributed by atoms with Gasteiger partial charge in [-0.25, -0.2) is 9.78 Å². The second-order valence-electron chi connectivity index (χ2n) is 2.76. The first kappa shape index (κ1) is 14.5. The number of pyridine rings is 1. The number of aromatic carboxylic acids is 1. The van der Waals surface area contributed by atoms with Crippen LogP contribution in [0.2, 0.25) is 0 Å². The molecule has 0 radical (unpaired) electrons. The maximum absolute atomic E-state index is 12.0. The van der Waals surface area contributed by atoms with E-state index < -0.39 is 18.2 Å². The second-order valence-corrected chi connectivity index (χ2v) is 4.39. The van der Waals surface area contributed by atoms with Crippen LogP contribution in [0, 0.1) is 3.57 Å². The van der Waals surface area contributed by atoms with Crippen molar-refractivity contribution in [2.24, 2.45) is 0 Å². The number of carbonyl (C=O) groups is 1. The lowest BCUT2D eigenvalue weighted by atomic mass is 10.2. The summed E-state index contributed by atoms with van der Waals surface area (Å²) in [5.74, 6) is -2.13. The largest absolute Gasteiger partial charge is 0.574 e. The fourth-order valence-corrected chi connectivity index (χ4v) is 2.60. The van der Waals surface area contributed by atoms with E-state index in [1.165, 1.54) is 0 Å².